The molecule has 0 amide bonds. The van der Waals surface area contributed by atoms with Crippen molar-refractivity contribution in [1.82, 2.24) is 4.98 Å². The van der Waals surface area contributed by atoms with E-state index in [1.807, 2.05) is 11.6 Å². The summed E-state index contributed by atoms with van der Waals surface area (Å²) >= 11 is 1.69. The summed E-state index contributed by atoms with van der Waals surface area (Å²) < 4.78 is 0. The predicted molar refractivity (Wildman–Crippen MR) is 87.2 cm³/mol. The smallest absolute Gasteiger partial charge is 0.123 e. The van der Waals surface area contributed by atoms with Gasteiger partial charge in [0.05, 0.1) is 0 Å². The first-order chi connectivity index (χ1) is 9.85. The van der Waals surface area contributed by atoms with Crippen molar-refractivity contribution >= 4 is 17.0 Å². The van der Waals surface area contributed by atoms with Gasteiger partial charge in [-0.3, -0.25) is 0 Å². The topological polar surface area (TPSA) is 24.9 Å². The first-order valence-corrected chi connectivity index (χ1v) is 8.49. The van der Waals surface area contributed by atoms with Crippen molar-refractivity contribution in [2.75, 3.05) is 5.32 Å². The molecule has 0 spiro atoms. The van der Waals surface area contributed by atoms with Gasteiger partial charge in [-0.1, -0.05) is 13.3 Å². The molecule has 1 N–H and O–H groups in total. The standard InChI is InChI=1S/C17H22N2S/c1-2-13-3-7-15(8-4-13)19-16-9-5-14(6-10-16)17-18-11-12-20-17/h5-6,9-13,15,19H,2-4,7-8H2,1H3. The number of nitrogens with one attached hydrogen (secondary N) is 1. The SMILES string of the molecule is CCC1CCC(Nc2ccc(-c3nccs3)cc2)CC1. The fourth-order valence-corrected chi connectivity index (χ4v) is 3.67. The van der Waals surface area contributed by atoms with E-state index >= 15 is 0 Å². The summed E-state index contributed by atoms with van der Waals surface area (Å²) in [5.41, 5.74) is 2.45. The van der Waals surface area contributed by atoms with Crippen LogP contribution in [0, 0.1) is 5.92 Å². The van der Waals surface area contributed by atoms with Crippen molar-refractivity contribution < 1.29 is 0 Å². The Morgan fingerprint density at radius 3 is 2.50 bits per heavy atom. The predicted octanol–water partition coefficient (Wildman–Crippen LogP) is 5.19. The molecule has 0 aliphatic heterocycles. The number of nitrogens with zero attached hydrogens (tertiary/aromatic N) is 1. The molecule has 2 aromatic rings. The molecule has 0 saturated heterocycles. The van der Waals surface area contributed by atoms with Gasteiger partial charge in [0.15, 0.2) is 0 Å². The summed E-state index contributed by atoms with van der Waals surface area (Å²) in [6, 6.07) is 9.35. The van der Waals surface area contributed by atoms with Crippen LogP contribution in [0.3, 0.4) is 0 Å². The van der Waals surface area contributed by atoms with Gasteiger partial charge in [-0.15, -0.1) is 11.3 Å². The Kier molecular flexibility index (Phi) is 4.36. The van der Waals surface area contributed by atoms with Crippen LogP contribution in [0.4, 0.5) is 5.69 Å². The van der Waals surface area contributed by atoms with Crippen molar-refractivity contribution in [2.45, 2.75) is 45.1 Å². The van der Waals surface area contributed by atoms with Crippen molar-refractivity contribution in [1.29, 1.82) is 0 Å². The summed E-state index contributed by atoms with van der Waals surface area (Å²) in [4.78, 5) is 4.35. The highest BCUT2D eigenvalue weighted by atomic mass is 32.1. The fourth-order valence-electron chi connectivity index (χ4n) is 3.03. The number of thiazole rings is 1. The van der Waals surface area contributed by atoms with Gasteiger partial charge in [-0.2, -0.15) is 0 Å². The molecule has 20 heavy (non-hydrogen) atoms. The van der Waals surface area contributed by atoms with E-state index in [4.69, 9.17) is 0 Å². The monoisotopic (exact) mass is 286 g/mol. The van der Waals surface area contributed by atoms with Gasteiger partial charge in [0.25, 0.3) is 0 Å². The minimum atomic E-state index is 0.656. The lowest BCUT2D eigenvalue weighted by atomic mass is 9.84. The Labute approximate surface area is 125 Å². The molecule has 1 aromatic carbocycles. The van der Waals surface area contributed by atoms with Crippen molar-refractivity contribution in [3.05, 3.63) is 35.8 Å². The average molecular weight is 286 g/mol. The van der Waals surface area contributed by atoms with E-state index in [0.717, 1.165) is 10.9 Å². The molecule has 0 radical (unpaired) electrons. The number of aromatic nitrogens is 1. The molecule has 1 aliphatic rings. The lowest BCUT2D eigenvalue weighted by molar-refractivity contribution is 0.330. The Balaban J connectivity index is 1.59. The van der Waals surface area contributed by atoms with E-state index in [-0.39, 0.29) is 0 Å². The maximum atomic E-state index is 4.35. The zero-order valence-corrected chi connectivity index (χ0v) is 12.8. The van der Waals surface area contributed by atoms with E-state index in [9.17, 15) is 0 Å². The summed E-state index contributed by atoms with van der Waals surface area (Å²) in [6.45, 7) is 2.32. The third-order valence-electron chi connectivity index (χ3n) is 4.36. The van der Waals surface area contributed by atoms with E-state index in [1.165, 1.54) is 43.4 Å². The number of benzene rings is 1. The Hall–Kier alpha value is -1.35. The molecule has 0 unspecified atom stereocenters. The highest BCUT2D eigenvalue weighted by Crippen LogP contribution is 2.29. The molecule has 1 aromatic heterocycles. The van der Waals surface area contributed by atoms with Crippen LogP contribution in [0.2, 0.25) is 0 Å². The maximum Gasteiger partial charge on any atom is 0.123 e. The second-order valence-electron chi connectivity index (χ2n) is 5.68. The summed E-state index contributed by atoms with van der Waals surface area (Å²) in [6.07, 6.45) is 8.59. The molecular weight excluding hydrogens is 264 g/mol. The van der Waals surface area contributed by atoms with Crippen LogP contribution >= 0.6 is 11.3 Å². The van der Waals surface area contributed by atoms with Gasteiger partial charge in [-0.25, -0.2) is 4.98 Å². The number of rotatable bonds is 4. The second-order valence-corrected chi connectivity index (χ2v) is 6.58. The van der Waals surface area contributed by atoms with Crippen molar-refractivity contribution in [3.8, 4) is 10.6 Å². The van der Waals surface area contributed by atoms with Gasteiger partial charge in [0, 0.05) is 28.9 Å². The molecule has 1 heterocycles. The number of anilines is 1. The Bertz CT molecular complexity index is 510. The van der Waals surface area contributed by atoms with Crippen LogP contribution in [-0.4, -0.2) is 11.0 Å². The van der Waals surface area contributed by atoms with Crippen LogP contribution in [0.1, 0.15) is 39.0 Å². The van der Waals surface area contributed by atoms with Crippen LogP contribution in [-0.2, 0) is 0 Å². The zero-order valence-electron chi connectivity index (χ0n) is 12.0. The molecule has 3 heteroatoms. The van der Waals surface area contributed by atoms with Gasteiger partial charge >= 0.3 is 0 Å². The Morgan fingerprint density at radius 1 is 1.15 bits per heavy atom. The summed E-state index contributed by atoms with van der Waals surface area (Å²) in [5, 5.41) is 6.80. The van der Waals surface area contributed by atoms with E-state index in [1.54, 1.807) is 11.3 Å². The first kappa shape index (κ1) is 13.6. The molecule has 2 nitrogen and oxygen atoms in total. The van der Waals surface area contributed by atoms with Crippen molar-refractivity contribution in [3.63, 3.8) is 0 Å². The molecule has 0 atom stereocenters. The minimum absolute atomic E-state index is 0.656. The largest absolute Gasteiger partial charge is 0.382 e. The molecule has 1 fully saturated rings. The molecule has 1 saturated carbocycles. The molecule has 3 rings (SSSR count). The molecule has 0 bridgehead atoms. The first-order valence-electron chi connectivity index (χ1n) is 7.61. The molecule has 106 valence electrons. The minimum Gasteiger partial charge on any atom is -0.382 e. The van der Waals surface area contributed by atoms with E-state index < -0.39 is 0 Å². The quantitative estimate of drug-likeness (QED) is 0.836. The maximum absolute atomic E-state index is 4.35. The lowest BCUT2D eigenvalue weighted by Crippen LogP contribution is -2.25. The molecular formula is C17H22N2S. The van der Waals surface area contributed by atoms with Crippen LogP contribution in [0.15, 0.2) is 35.8 Å². The fraction of sp³-hybridized carbons (Fsp3) is 0.471. The normalized spacial score (nSPS) is 22.6. The second kappa shape index (κ2) is 6.40. The van der Waals surface area contributed by atoms with Gasteiger partial charge in [-0.05, 0) is 55.9 Å². The van der Waals surface area contributed by atoms with E-state index in [0.29, 0.717) is 6.04 Å². The van der Waals surface area contributed by atoms with E-state index in [2.05, 4.69) is 41.5 Å². The van der Waals surface area contributed by atoms with Crippen LogP contribution in [0.5, 0.6) is 0 Å². The highest BCUT2D eigenvalue weighted by molar-refractivity contribution is 7.13. The Morgan fingerprint density at radius 2 is 1.90 bits per heavy atom. The van der Waals surface area contributed by atoms with Crippen LogP contribution in [0.25, 0.3) is 10.6 Å². The molecule has 1 aliphatic carbocycles. The number of hydrogen-bond acceptors (Lipinski definition) is 3. The van der Waals surface area contributed by atoms with Gasteiger partial charge in [0.1, 0.15) is 5.01 Å². The van der Waals surface area contributed by atoms with Gasteiger partial charge in [0.2, 0.25) is 0 Å². The van der Waals surface area contributed by atoms with Crippen LogP contribution < -0.4 is 5.32 Å². The third kappa shape index (κ3) is 3.21. The van der Waals surface area contributed by atoms with Gasteiger partial charge < -0.3 is 5.32 Å². The number of hydrogen-bond donors (Lipinski definition) is 1. The highest BCUT2D eigenvalue weighted by Gasteiger charge is 2.19. The summed E-state index contributed by atoms with van der Waals surface area (Å²) in [7, 11) is 0. The average Bonchev–Trinajstić information content (AvgIpc) is 3.03. The zero-order chi connectivity index (χ0) is 13.8. The summed E-state index contributed by atoms with van der Waals surface area (Å²) in [5.74, 6) is 0.959. The third-order valence-corrected chi connectivity index (χ3v) is 5.18. The van der Waals surface area contributed by atoms with Crippen molar-refractivity contribution in [2.24, 2.45) is 5.92 Å². The lowest BCUT2D eigenvalue weighted by Gasteiger charge is -2.29.